The van der Waals surface area contributed by atoms with Crippen LogP contribution in [0.15, 0.2) is 0 Å². The maximum atomic E-state index is 14.6. The van der Waals surface area contributed by atoms with Gasteiger partial charge in [-0.15, -0.1) is 0 Å². The zero-order chi connectivity index (χ0) is 12.0. The van der Waals surface area contributed by atoms with Crippen LogP contribution in [-0.2, 0) is 9.53 Å². The van der Waals surface area contributed by atoms with Crippen molar-refractivity contribution in [3.8, 4) is 0 Å². The van der Waals surface area contributed by atoms with Crippen LogP contribution in [-0.4, -0.2) is 30.3 Å². The van der Waals surface area contributed by atoms with Crippen molar-refractivity contribution in [2.75, 3.05) is 13.1 Å². The minimum Gasteiger partial charge on any atom is -0.459 e. The molecule has 1 aliphatic carbocycles. The second kappa shape index (κ2) is 3.42. The number of fused-ring (bicyclic) bond motifs is 1. The highest BCUT2D eigenvalue weighted by Crippen LogP contribution is 2.52. The first kappa shape index (κ1) is 11.8. The van der Waals surface area contributed by atoms with E-state index in [0.29, 0.717) is 19.4 Å². The quantitative estimate of drug-likeness (QED) is 0.697. The molecule has 0 aromatic carbocycles. The average molecular weight is 229 g/mol. The fourth-order valence-corrected chi connectivity index (χ4v) is 2.84. The Kier molecular flexibility index (Phi) is 2.53. The maximum absolute atomic E-state index is 14.6. The molecule has 1 heterocycles. The highest BCUT2D eigenvalue weighted by Gasteiger charge is 2.64. The molecule has 2 aliphatic rings. The van der Waals surface area contributed by atoms with Crippen molar-refractivity contribution in [2.45, 2.75) is 51.3 Å². The molecule has 2 atom stereocenters. The van der Waals surface area contributed by atoms with Crippen molar-refractivity contribution in [1.29, 1.82) is 0 Å². The first-order valence-corrected chi connectivity index (χ1v) is 5.92. The summed E-state index contributed by atoms with van der Waals surface area (Å²) in [7, 11) is 0. The van der Waals surface area contributed by atoms with E-state index in [-0.39, 0.29) is 12.5 Å². The lowest BCUT2D eigenvalue weighted by Gasteiger charge is -2.33. The average Bonchev–Trinajstić information content (AvgIpc) is 2.54. The van der Waals surface area contributed by atoms with Crippen LogP contribution in [0.2, 0.25) is 0 Å². The molecular weight excluding hydrogens is 209 g/mol. The summed E-state index contributed by atoms with van der Waals surface area (Å²) in [6.07, 6.45) is 1.85. The number of esters is 1. The molecule has 16 heavy (non-hydrogen) atoms. The zero-order valence-corrected chi connectivity index (χ0v) is 10.2. The van der Waals surface area contributed by atoms with E-state index in [0.717, 1.165) is 6.42 Å². The highest BCUT2D eigenvalue weighted by molar-refractivity contribution is 5.80. The molecule has 0 aromatic rings. The van der Waals surface area contributed by atoms with E-state index in [2.05, 4.69) is 5.32 Å². The molecule has 0 unspecified atom stereocenters. The van der Waals surface area contributed by atoms with Crippen molar-refractivity contribution in [2.24, 2.45) is 5.41 Å². The van der Waals surface area contributed by atoms with Crippen molar-refractivity contribution >= 4 is 5.97 Å². The van der Waals surface area contributed by atoms with Gasteiger partial charge in [-0.2, -0.15) is 0 Å². The van der Waals surface area contributed by atoms with Crippen LogP contribution in [0.5, 0.6) is 0 Å². The third kappa shape index (κ3) is 1.63. The Hall–Kier alpha value is -0.640. The van der Waals surface area contributed by atoms with E-state index in [1.54, 1.807) is 0 Å². The smallest absolute Gasteiger partial charge is 0.317 e. The van der Waals surface area contributed by atoms with E-state index in [9.17, 15) is 9.18 Å². The summed E-state index contributed by atoms with van der Waals surface area (Å²) in [4.78, 5) is 12.2. The normalized spacial score (nSPS) is 38.5. The summed E-state index contributed by atoms with van der Waals surface area (Å²) in [6, 6.07) is 0. The number of carbonyl (C=O) groups excluding carboxylic acids is 1. The number of nitrogens with one attached hydrogen (secondary N) is 1. The molecule has 0 bridgehead atoms. The molecule has 1 saturated heterocycles. The van der Waals surface area contributed by atoms with Crippen LogP contribution in [0.1, 0.15) is 40.0 Å². The second-order valence-corrected chi connectivity index (χ2v) is 6.01. The summed E-state index contributed by atoms with van der Waals surface area (Å²) in [6.45, 7) is 6.15. The summed E-state index contributed by atoms with van der Waals surface area (Å²) < 4.78 is 20.0. The van der Waals surface area contributed by atoms with E-state index in [1.165, 1.54) is 0 Å². The zero-order valence-electron chi connectivity index (χ0n) is 10.2. The lowest BCUT2D eigenvalue weighted by atomic mass is 9.78. The van der Waals surface area contributed by atoms with Gasteiger partial charge in [0.1, 0.15) is 16.7 Å². The molecule has 4 heteroatoms. The summed E-state index contributed by atoms with van der Waals surface area (Å²) >= 11 is 0. The van der Waals surface area contributed by atoms with Crippen LogP contribution in [0, 0.1) is 5.41 Å². The lowest BCUT2D eigenvalue weighted by Crippen LogP contribution is -2.48. The van der Waals surface area contributed by atoms with Crippen LogP contribution < -0.4 is 5.32 Å². The molecule has 2 rings (SSSR count). The molecule has 0 spiro atoms. The third-order valence-electron chi connectivity index (χ3n) is 3.66. The SMILES string of the molecule is CC(C)(C)OC(=O)[C@@]12CCC[C@]1(F)CNC2. The van der Waals surface area contributed by atoms with Gasteiger partial charge in [0.2, 0.25) is 0 Å². The predicted molar refractivity (Wildman–Crippen MR) is 58.8 cm³/mol. The molecule has 1 saturated carbocycles. The Balaban J connectivity index is 2.21. The Bertz CT molecular complexity index is 299. The van der Waals surface area contributed by atoms with Gasteiger partial charge < -0.3 is 10.1 Å². The highest BCUT2D eigenvalue weighted by atomic mass is 19.1. The van der Waals surface area contributed by atoms with Crippen LogP contribution >= 0.6 is 0 Å². The summed E-state index contributed by atoms with van der Waals surface area (Å²) in [5, 5.41) is 3.00. The standard InChI is InChI=1S/C12H20FNO2/c1-10(2,3)16-9(15)11-5-4-6-12(11,13)8-14-7-11/h14H,4-8H2,1-3H3/t11-,12-/m0/s1. The summed E-state index contributed by atoms with van der Waals surface area (Å²) in [5.74, 6) is -0.370. The van der Waals surface area contributed by atoms with Gasteiger partial charge in [0, 0.05) is 13.1 Å². The van der Waals surface area contributed by atoms with E-state index < -0.39 is 16.7 Å². The van der Waals surface area contributed by atoms with Crippen molar-refractivity contribution in [3.05, 3.63) is 0 Å². The maximum Gasteiger partial charge on any atom is 0.317 e. The lowest BCUT2D eigenvalue weighted by molar-refractivity contribution is -0.172. The molecule has 3 nitrogen and oxygen atoms in total. The molecule has 0 aromatic heterocycles. The number of ether oxygens (including phenoxy) is 1. The molecular formula is C12H20FNO2. The third-order valence-corrected chi connectivity index (χ3v) is 3.66. The van der Waals surface area contributed by atoms with Gasteiger partial charge in [-0.05, 0) is 40.0 Å². The summed E-state index contributed by atoms with van der Waals surface area (Å²) in [5.41, 5.74) is -2.87. The number of alkyl halides is 1. The number of hydrogen-bond acceptors (Lipinski definition) is 3. The molecule has 0 amide bonds. The topological polar surface area (TPSA) is 38.3 Å². The van der Waals surface area contributed by atoms with Gasteiger partial charge in [-0.3, -0.25) is 4.79 Å². The van der Waals surface area contributed by atoms with Gasteiger partial charge in [0.15, 0.2) is 0 Å². The predicted octanol–water partition coefficient (Wildman–Crippen LogP) is 1.81. The number of carbonyl (C=O) groups is 1. The van der Waals surface area contributed by atoms with Gasteiger partial charge in [-0.25, -0.2) is 4.39 Å². The number of halogens is 1. The van der Waals surface area contributed by atoms with E-state index >= 15 is 0 Å². The monoisotopic (exact) mass is 229 g/mol. The van der Waals surface area contributed by atoms with Crippen molar-refractivity contribution in [3.63, 3.8) is 0 Å². The van der Waals surface area contributed by atoms with Crippen LogP contribution in [0.25, 0.3) is 0 Å². The molecule has 0 radical (unpaired) electrons. The minimum atomic E-state index is -1.39. The Morgan fingerprint density at radius 3 is 2.62 bits per heavy atom. The van der Waals surface area contributed by atoms with Gasteiger partial charge in [-0.1, -0.05) is 0 Å². The Labute approximate surface area is 95.7 Å². The van der Waals surface area contributed by atoms with Crippen LogP contribution in [0.3, 0.4) is 0 Å². The molecule has 1 aliphatic heterocycles. The first-order chi connectivity index (χ1) is 7.29. The van der Waals surface area contributed by atoms with Gasteiger partial charge in [0.25, 0.3) is 0 Å². The van der Waals surface area contributed by atoms with Gasteiger partial charge in [0.05, 0.1) is 0 Å². The molecule has 2 fully saturated rings. The molecule has 1 N–H and O–H groups in total. The Morgan fingerprint density at radius 1 is 1.31 bits per heavy atom. The van der Waals surface area contributed by atoms with Gasteiger partial charge >= 0.3 is 5.97 Å². The van der Waals surface area contributed by atoms with Crippen LogP contribution in [0.4, 0.5) is 4.39 Å². The Morgan fingerprint density at radius 2 is 2.00 bits per heavy atom. The van der Waals surface area contributed by atoms with E-state index in [1.807, 2.05) is 20.8 Å². The minimum absolute atomic E-state index is 0.284. The fraction of sp³-hybridized carbons (Fsp3) is 0.917. The largest absolute Gasteiger partial charge is 0.459 e. The van der Waals surface area contributed by atoms with Crippen molar-refractivity contribution < 1.29 is 13.9 Å². The fourth-order valence-electron chi connectivity index (χ4n) is 2.84. The van der Waals surface area contributed by atoms with Crippen molar-refractivity contribution in [1.82, 2.24) is 5.32 Å². The first-order valence-electron chi connectivity index (χ1n) is 5.92. The molecule has 92 valence electrons. The number of rotatable bonds is 1. The number of hydrogen-bond donors (Lipinski definition) is 1. The van der Waals surface area contributed by atoms with E-state index in [4.69, 9.17) is 4.74 Å². The second-order valence-electron chi connectivity index (χ2n) is 6.01.